The summed E-state index contributed by atoms with van der Waals surface area (Å²) in [5, 5.41) is 5.83. The van der Waals surface area contributed by atoms with E-state index in [-0.39, 0.29) is 29.0 Å². The predicted octanol–water partition coefficient (Wildman–Crippen LogP) is 1.41. The first-order valence-corrected chi connectivity index (χ1v) is 10.5. The molecule has 8 nitrogen and oxygen atoms in total. The van der Waals surface area contributed by atoms with Gasteiger partial charge in [0.1, 0.15) is 6.10 Å². The number of carbonyl (C=O) groups is 1. The van der Waals surface area contributed by atoms with Gasteiger partial charge in [-0.15, -0.1) is 0 Å². The Morgan fingerprint density at radius 2 is 1.93 bits per heavy atom. The third kappa shape index (κ3) is 5.73. The molecule has 0 atom stereocenters. The van der Waals surface area contributed by atoms with Crippen LogP contribution in [0.3, 0.4) is 0 Å². The van der Waals surface area contributed by atoms with Crippen molar-refractivity contribution in [1.82, 2.24) is 15.3 Å². The minimum Gasteiger partial charge on any atom is -0.473 e. The molecule has 1 aromatic carbocycles. The summed E-state index contributed by atoms with van der Waals surface area (Å²) >= 11 is 0. The molecular weight excluding hydrogens is 368 g/mol. The highest BCUT2D eigenvalue weighted by molar-refractivity contribution is 7.91. The van der Waals surface area contributed by atoms with Crippen LogP contribution in [0.15, 0.2) is 47.6 Å². The van der Waals surface area contributed by atoms with E-state index in [0.717, 1.165) is 25.9 Å². The largest absolute Gasteiger partial charge is 0.473 e. The zero-order valence-electron chi connectivity index (χ0n) is 14.8. The lowest BCUT2D eigenvalue weighted by Gasteiger charge is -2.23. The van der Waals surface area contributed by atoms with Gasteiger partial charge in [-0.25, -0.2) is 8.42 Å². The minimum atomic E-state index is -3.50. The van der Waals surface area contributed by atoms with Crippen LogP contribution < -0.4 is 15.4 Å². The maximum absolute atomic E-state index is 12.2. The highest BCUT2D eigenvalue weighted by atomic mass is 32.2. The fraction of sp³-hybridized carbons (Fsp3) is 0.389. The molecule has 0 unspecified atom stereocenters. The normalized spacial score (nSPS) is 15.3. The second kappa shape index (κ2) is 8.92. The maximum atomic E-state index is 12.2. The van der Waals surface area contributed by atoms with Crippen LogP contribution in [0.1, 0.15) is 19.3 Å². The topological polar surface area (TPSA) is 110 Å². The van der Waals surface area contributed by atoms with Crippen molar-refractivity contribution in [3.05, 3.63) is 42.7 Å². The summed E-state index contributed by atoms with van der Waals surface area (Å²) in [4.78, 5) is 20.5. The van der Waals surface area contributed by atoms with Crippen molar-refractivity contribution < 1.29 is 17.9 Å². The first-order valence-electron chi connectivity index (χ1n) is 8.80. The van der Waals surface area contributed by atoms with Crippen molar-refractivity contribution in [2.75, 3.05) is 24.2 Å². The van der Waals surface area contributed by atoms with Gasteiger partial charge in [0, 0.05) is 6.42 Å². The number of piperidine rings is 1. The summed E-state index contributed by atoms with van der Waals surface area (Å²) in [6, 6.07) is 8.07. The molecule has 9 heteroatoms. The number of amides is 1. The molecule has 0 bridgehead atoms. The standard InChI is InChI=1S/C18H22N4O4S/c23-17(8-11-27(24,25)15-4-2-1-3-5-15)21-16-12-20-13-18(22-16)26-14-6-9-19-10-7-14/h1-5,12-14,19H,6-11H2,(H,21,22,23). The van der Waals surface area contributed by atoms with Crippen molar-refractivity contribution in [2.45, 2.75) is 30.3 Å². The van der Waals surface area contributed by atoms with Crippen molar-refractivity contribution in [3.8, 4) is 5.88 Å². The molecular formula is C18H22N4O4S. The molecule has 3 rings (SSSR count). The first-order chi connectivity index (χ1) is 13.0. The molecule has 0 radical (unpaired) electrons. The van der Waals surface area contributed by atoms with E-state index in [2.05, 4.69) is 20.6 Å². The fourth-order valence-corrected chi connectivity index (χ4v) is 3.99. The Morgan fingerprint density at radius 3 is 2.67 bits per heavy atom. The van der Waals surface area contributed by atoms with E-state index in [1.54, 1.807) is 18.2 Å². The van der Waals surface area contributed by atoms with Crippen LogP contribution in [0.4, 0.5) is 5.82 Å². The van der Waals surface area contributed by atoms with Crippen molar-refractivity contribution in [3.63, 3.8) is 0 Å². The number of hydrogen-bond acceptors (Lipinski definition) is 7. The van der Waals surface area contributed by atoms with Gasteiger partial charge < -0.3 is 15.4 Å². The molecule has 1 aliphatic heterocycles. The summed E-state index contributed by atoms with van der Waals surface area (Å²) in [6.45, 7) is 1.79. The zero-order chi connectivity index (χ0) is 19.1. The van der Waals surface area contributed by atoms with Crippen molar-refractivity contribution in [2.24, 2.45) is 0 Å². The molecule has 1 amide bonds. The number of rotatable bonds is 7. The number of sulfone groups is 1. The summed E-state index contributed by atoms with van der Waals surface area (Å²) in [5.41, 5.74) is 0. The van der Waals surface area contributed by atoms with Gasteiger partial charge >= 0.3 is 0 Å². The quantitative estimate of drug-likeness (QED) is 0.735. The average Bonchev–Trinajstić information content (AvgIpc) is 2.68. The number of aromatic nitrogens is 2. The molecule has 0 aliphatic carbocycles. The van der Waals surface area contributed by atoms with Crippen LogP contribution in [-0.2, 0) is 14.6 Å². The Balaban J connectivity index is 1.54. The highest BCUT2D eigenvalue weighted by Gasteiger charge is 2.18. The Bertz CT molecular complexity index is 868. The molecule has 2 N–H and O–H groups in total. The van der Waals surface area contributed by atoms with E-state index in [1.807, 2.05) is 0 Å². The van der Waals surface area contributed by atoms with Gasteiger partial charge in [0.2, 0.25) is 11.8 Å². The number of anilines is 1. The van der Waals surface area contributed by atoms with Gasteiger partial charge in [0.25, 0.3) is 0 Å². The van der Waals surface area contributed by atoms with E-state index in [9.17, 15) is 13.2 Å². The lowest BCUT2D eigenvalue weighted by atomic mass is 10.1. The summed E-state index contributed by atoms with van der Waals surface area (Å²) in [5.74, 6) is -0.135. The maximum Gasteiger partial charge on any atom is 0.234 e. The van der Waals surface area contributed by atoms with Gasteiger partial charge in [-0.3, -0.25) is 9.78 Å². The van der Waals surface area contributed by atoms with Gasteiger partial charge in [-0.1, -0.05) is 18.2 Å². The molecule has 0 saturated carbocycles. The van der Waals surface area contributed by atoms with Crippen LogP contribution in [-0.4, -0.2) is 49.2 Å². The number of ether oxygens (including phenoxy) is 1. The number of hydrogen-bond donors (Lipinski definition) is 2. The molecule has 0 spiro atoms. The summed E-state index contributed by atoms with van der Waals surface area (Å²) in [7, 11) is -3.50. The van der Waals surface area contributed by atoms with Crippen LogP contribution in [0.25, 0.3) is 0 Å². The molecule has 1 aromatic heterocycles. The molecule has 1 aliphatic rings. The van der Waals surface area contributed by atoms with E-state index >= 15 is 0 Å². The SMILES string of the molecule is O=C(CCS(=O)(=O)c1ccccc1)Nc1cncc(OC2CCNCC2)n1. The monoisotopic (exact) mass is 390 g/mol. The lowest BCUT2D eigenvalue weighted by molar-refractivity contribution is -0.115. The fourth-order valence-electron chi connectivity index (χ4n) is 2.73. The minimum absolute atomic E-state index is 0.0718. The van der Waals surface area contributed by atoms with Crippen molar-refractivity contribution >= 4 is 21.6 Å². The second-order valence-electron chi connectivity index (χ2n) is 6.24. The lowest BCUT2D eigenvalue weighted by Crippen LogP contribution is -2.34. The van der Waals surface area contributed by atoms with Crippen LogP contribution in [0.2, 0.25) is 0 Å². The zero-order valence-corrected chi connectivity index (χ0v) is 15.6. The average molecular weight is 390 g/mol. The molecule has 1 fully saturated rings. The van der Waals surface area contributed by atoms with E-state index in [1.165, 1.54) is 24.5 Å². The van der Waals surface area contributed by atoms with Gasteiger partial charge in [-0.05, 0) is 38.1 Å². The summed E-state index contributed by atoms with van der Waals surface area (Å²) in [6.07, 6.45) is 4.57. The number of carbonyl (C=O) groups excluding carboxylic acids is 1. The molecule has 2 aromatic rings. The van der Waals surface area contributed by atoms with Crippen LogP contribution in [0, 0.1) is 0 Å². The summed E-state index contributed by atoms with van der Waals surface area (Å²) < 4.78 is 30.3. The number of nitrogens with zero attached hydrogens (tertiary/aromatic N) is 2. The number of benzene rings is 1. The third-order valence-corrected chi connectivity index (χ3v) is 5.89. The predicted molar refractivity (Wildman–Crippen MR) is 100 cm³/mol. The second-order valence-corrected chi connectivity index (χ2v) is 8.35. The molecule has 2 heterocycles. The smallest absolute Gasteiger partial charge is 0.234 e. The molecule has 27 heavy (non-hydrogen) atoms. The first kappa shape index (κ1) is 19.2. The van der Waals surface area contributed by atoms with Gasteiger partial charge in [0.05, 0.1) is 23.0 Å². The Kier molecular flexibility index (Phi) is 6.36. The Morgan fingerprint density at radius 1 is 1.19 bits per heavy atom. The van der Waals surface area contributed by atoms with Crippen LogP contribution in [0.5, 0.6) is 5.88 Å². The molecule has 1 saturated heterocycles. The van der Waals surface area contributed by atoms with E-state index in [4.69, 9.17) is 4.74 Å². The Hall–Kier alpha value is -2.52. The van der Waals surface area contributed by atoms with Crippen LogP contribution >= 0.6 is 0 Å². The molecule has 144 valence electrons. The van der Waals surface area contributed by atoms with Gasteiger partial charge in [-0.2, -0.15) is 4.98 Å². The Labute approximate surface area is 158 Å². The van der Waals surface area contributed by atoms with Crippen molar-refractivity contribution in [1.29, 1.82) is 0 Å². The number of nitrogens with one attached hydrogen (secondary N) is 2. The van der Waals surface area contributed by atoms with Gasteiger partial charge in [0.15, 0.2) is 15.7 Å². The van der Waals surface area contributed by atoms with E-state index < -0.39 is 15.7 Å². The third-order valence-electron chi connectivity index (χ3n) is 4.15. The highest BCUT2D eigenvalue weighted by Crippen LogP contribution is 2.16. The van der Waals surface area contributed by atoms with E-state index in [0.29, 0.717) is 5.88 Å².